The Balaban J connectivity index is 0.000000378. The van der Waals surface area contributed by atoms with Crippen molar-refractivity contribution in [1.82, 2.24) is 9.97 Å². The zero-order chi connectivity index (χ0) is 28.9. The summed E-state index contributed by atoms with van der Waals surface area (Å²) in [5, 5.41) is 4.53. The van der Waals surface area contributed by atoms with Gasteiger partial charge in [0, 0.05) is 39.6 Å². The molecule has 2 aromatic carbocycles. The smallest absolute Gasteiger partial charge is 0.261 e. The number of aryl methyl sites for hydroxylation is 2. The molecule has 0 amide bonds. The van der Waals surface area contributed by atoms with Crippen molar-refractivity contribution in [3.63, 3.8) is 0 Å². The molecule has 16 heteroatoms. The summed E-state index contributed by atoms with van der Waals surface area (Å²) in [6.45, 7) is 4.25. The SMILES string of the molecule is COc1cc2[nH]c3cc(C)c4c(C)ccc(N)c4c3c2cn1.CS(=O)(=O)O.CS(=O)(=O)O.CS(=O)(=O)O. The number of anilines is 1. The van der Waals surface area contributed by atoms with E-state index in [4.69, 9.17) is 24.1 Å². The number of nitrogens with zero attached hydrogens (tertiary/aromatic N) is 1. The topological polar surface area (TPSA) is 227 Å². The van der Waals surface area contributed by atoms with Crippen LogP contribution >= 0.6 is 0 Å². The van der Waals surface area contributed by atoms with Gasteiger partial charge in [0.1, 0.15) is 0 Å². The fourth-order valence-corrected chi connectivity index (χ4v) is 3.37. The number of nitrogen functional groups attached to an aromatic ring is 1. The lowest BCUT2D eigenvalue weighted by Crippen LogP contribution is -1.92. The van der Waals surface area contributed by atoms with Crippen LogP contribution in [0.5, 0.6) is 5.88 Å². The minimum absolute atomic E-state index is 0.601. The maximum atomic E-state index is 9.19. The predicted molar refractivity (Wildman–Crippen MR) is 144 cm³/mol. The third-order valence-electron chi connectivity index (χ3n) is 4.35. The molecule has 0 aliphatic rings. The standard InChI is InChI=1S/C18H17N3O.3CH4O3S/c1-9-4-5-12(19)18-16(9)10(2)6-14-17(18)11-8-20-15(22-3)7-13(11)21-14;3*1-5(2,3)4/h4-8,21H,19H2,1-3H3;3*1H3,(H,2,3,4). The molecule has 0 unspecified atom stereocenters. The van der Waals surface area contributed by atoms with Gasteiger partial charge in [-0.15, -0.1) is 0 Å². The van der Waals surface area contributed by atoms with Crippen LogP contribution in [0.25, 0.3) is 32.6 Å². The number of ether oxygens (including phenoxy) is 1. The minimum Gasteiger partial charge on any atom is -0.481 e. The van der Waals surface area contributed by atoms with Gasteiger partial charge in [-0.25, -0.2) is 4.98 Å². The normalized spacial score (nSPS) is 11.6. The van der Waals surface area contributed by atoms with Crippen molar-refractivity contribution < 1.29 is 43.6 Å². The van der Waals surface area contributed by atoms with Crippen LogP contribution < -0.4 is 10.5 Å². The first-order chi connectivity index (χ1) is 16.6. The summed E-state index contributed by atoms with van der Waals surface area (Å²) in [5.74, 6) is 0.601. The van der Waals surface area contributed by atoms with Crippen LogP contribution in [0, 0.1) is 13.8 Å². The summed E-state index contributed by atoms with van der Waals surface area (Å²) < 4.78 is 82.8. The van der Waals surface area contributed by atoms with Gasteiger partial charge in [0.15, 0.2) is 0 Å². The van der Waals surface area contributed by atoms with Gasteiger partial charge in [-0.1, -0.05) is 6.07 Å². The second-order valence-corrected chi connectivity index (χ2v) is 12.3. The Kier molecular flexibility index (Phi) is 10.4. The van der Waals surface area contributed by atoms with E-state index in [2.05, 4.69) is 35.9 Å². The zero-order valence-corrected chi connectivity index (χ0v) is 23.3. The molecule has 2 heterocycles. The van der Waals surface area contributed by atoms with Crippen molar-refractivity contribution in [2.45, 2.75) is 13.8 Å². The Morgan fingerprint density at radius 2 is 1.27 bits per heavy atom. The molecule has 0 bridgehead atoms. The summed E-state index contributed by atoms with van der Waals surface area (Å²) in [5.41, 5.74) is 11.6. The molecule has 13 nitrogen and oxygen atoms in total. The summed E-state index contributed by atoms with van der Waals surface area (Å²) in [6.07, 6.45) is 4.00. The highest BCUT2D eigenvalue weighted by atomic mass is 32.2. The van der Waals surface area contributed by atoms with E-state index < -0.39 is 30.4 Å². The van der Waals surface area contributed by atoms with E-state index in [1.54, 1.807) is 7.11 Å². The maximum Gasteiger partial charge on any atom is 0.261 e. The lowest BCUT2D eigenvalue weighted by atomic mass is 9.95. The molecule has 6 N–H and O–H groups in total. The van der Waals surface area contributed by atoms with Gasteiger partial charge < -0.3 is 15.5 Å². The highest BCUT2D eigenvalue weighted by molar-refractivity contribution is 7.85. The van der Waals surface area contributed by atoms with Crippen LogP contribution in [0.2, 0.25) is 0 Å². The molecule has 37 heavy (non-hydrogen) atoms. The average molecular weight is 580 g/mol. The predicted octanol–water partition coefficient (Wildman–Crippen LogP) is 2.59. The minimum atomic E-state index is -3.67. The van der Waals surface area contributed by atoms with Gasteiger partial charge >= 0.3 is 0 Å². The number of hydrogen-bond donors (Lipinski definition) is 5. The molecule has 0 fully saturated rings. The maximum absolute atomic E-state index is 9.19. The Morgan fingerprint density at radius 3 is 1.73 bits per heavy atom. The second-order valence-electron chi connectivity index (χ2n) is 7.93. The molecule has 4 rings (SSSR count). The van der Waals surface area contributed by atoms with E-state index >= 15 is 0 Å². The molecule has 0 radical (unpaired) electrons. The van der Waals surface area contributed by atoms with Crippen LogP contribution in [0.1, 0.15) is 11.1 Å². The van der Waals surface area contributed by atoms with E-state index in [1.807, 2.05) is 18.3 Å². The van der Waals surface area contributed by atoms with Gasteiger partial charge in [-0.3, -0.25) is 13.7 Å². The molecule has 0 spiro atoms. The van der Waals surface area contributed by atoms with Gasteiger partial charge in [-0.05, 0) is 42.5 Å². The van der Waals surface area contributed by atoms with E-state index in [9.17, 15) is 25.3 Å². The molecule has 206 valence electrons. The summed E-state index contributed by atoms with van der Waals surface area (Å²) in [4.78, 5) is 7.80. The van der Waals surface area contributed by atoms with Crippen LogP contribution in [0.4, 0.5) is 5.69 Å². The monoisotopic (exact) mass is 579 g/mol. The average Bonchev–Trinajstić information content (AvgIpc) is 3.03. The number of aromatic amines is 1. The number of hydrogen-bond acceptors (Lipinski definition) is 9. The lowest BCUT2D eigenvalue weighted by molar-refractivity contribution is 0.398. The van der Waals surface area contributed by atoms with Gasteiger partial charge in [0.05, 0.1) is 31.4 Å². The largest absolute Gasteiger partial charge is 0.481 e. The fourth-order valence-electron chi connectivity index (χ4n) is 3.37. The third-order valence-corrected chi connectivity index (χ3v) is 4.35. The molecule has 4 aromatic rings. The van der Waals surface area contributed by atoms with Crippen LogP contribution in [0.3, 0.4) is 0 Å². The molecule has 0 aliphatic heterocycles. The molecule has 0 atom stereocenters. The fraction of sp³-hybridized carbons (Fsp3) is 0.286. The summed E-state index contributed by atoms with van der Waals surface area (Å²) in [6, 6.07) is 8.15. The van der Waals surface area contributed by atoms with Crippen molar-refractivity contribution in [2.75, 3.05) is 31.6 Å². The number of H-pyrrole nitrogens is 1. The van der Waals surface area contributed by atoms with Crippen molar-refractivity contribution in [2.24, 2.45) is 0 Å². The van der Waals surface area contributed by atoms with Crippen molar-refractivity contribution in [3.8, 4) is 5.88 Å². The lowest BCUT2D eigenvalue weighted by Gasteiger charge is -2.10. The van der Waals surface area contributed by atoms with Crippen LogP contribution in [-0.2, 0) is 30.4 Å². The first-order valence-electron chi connectivity index (χ1n) is 10.0. The van der Waals surface area contributed by atoms with Gasteiger partial charge in [-0.2, -0.15) is 25.3 Å². The van der Waals surface area contributed by atoms with Crippen LogP contribution in [-0.4, -0.2) is 74.8 Å². The highest BCUT2D eigenvalue weighted by Gasteiger charge is 2.14. The first kappa shape index (κ1) is 32.0. The number of aromatic nitrogens is 2. The molecule has 0 saturated heterocycles. The number of pyridine rings is 1. The Labute approximate surface area is 214 Å². The van der Waals surface area contributed by atoms with Crippen molar-refractivity contribution in [1.29, 1.82) is 0 Å². The Hall–Kier alpha value is -3.02. The second kappa shape index (κ2) is 12.0. The van der Waals surface area contributed by atoms with E-state index in [1.165, 1.54) is 16.5 Å². The van der Waals surface area contributed by atoms with Crippen molar-refractivity contribution >= 4 is 68.6 Å². The third kappa shape index (κ3) is 11.3. The number of nitrogens with one attached hydrogen (secondary N) is 1. The van der Waals surface area contributed by atoms with E-state index in [0.717, 1.165) is 32.9 Å². The highest BCUT2D eigenvalue weighted by Crippen LogP contribution is 2.38. The molecular weight excluding hydrogens is 550 g/mol. The quantitative estimate of drug-likeness (QED) is 0.162. The Bertz CT molecular complexity index is 1650. The number of rotatable bonds is 1. The molecule has 2 aromatic heterocycles. The van der Waals surface area contributed by atoms with Crippen molar-refractivity contribution in [3.05, 3.63) is 41.6 Å². The van der Waals surface area contributed by atoms with Gasteiger partial charge in [0.25, 0.3) is 30.4 Å². The number of benzene rings is 2. The summed E-state index contributed by atoms with van der Waals surface area (Å²) >= 11 is 0. The van der Waals surface area contributed by atoms with Gasteiger partial charge in [0.2, 0.25) is 5.88 Å². The van der Waals surface area contributed by atoms with E-state index in [-0.39, 0.29) is 0 Å². The number of methoxy groups -OCH3 is 1. The zero-order valence-electron chi connectivity index (χ0n) is 20.8. The first-order valence-corrected chi connectivity index (χ1v) is 15.6. The molecular formula is C21H29N3O10S3. The van der Waals surface area contributed by atoms with Crippen LogP contribution in [0.15, 0.2) is 30.5 Å². The van der Waals surface area contributed by atoms with E-state index in [0.29, 0.717) is 24.6 Å². The molecule has 0 saturated carbocycles. The Morgan fingerprint density at radius 1 is 0.784 bits per heavy atom. The summed E-state index contributed by atoms with van der Waals surface area (Å²) in [7, 11) is -9.38. The number of nitrogens with two attached hydrogens (primary N) is 1. The number of fused-ring (bicyclic) bond motifs is 5. The molecule has 0 aliphatic carbocycles.